The van der Waals surface area contributed by atoms with E-state index in [1.807, 2.05) is 19.0 Å². The molecule has 0 aliphatic heterocycles. The fourth-order valence-corrected chi connectivity index (χ4v) is 1.98. The molecule has 18 heavy (non-hydrogen) atoms. The third-order valence-corrected chi connectivity index (χ3v) is 3.20. The highest BCUT2D eigenvalue weighted by atomic mass is 16.4. The monoisotopic (exact) mass is 249 g/mol. The summed E-state index contributed by atoms with van der Waals surface area (Å²) in [4.78, 5) is 13.0. The van der Waals surface area contributed by atoms with Crippen molar-refractivity contribution in [2.75, 3.05) is 19.0 Å². The molecule has 1 N–H and O–H groups in total. The Morgan fingerprint density at radius 2 is 1.89 bits per heavy atom. The first-order valence-corrected chi connectivity index (χ1v) is 6.36. The Morgan fingerprint density at radius 1 is 1.28 bits per heavy atom. The Kier molecular flexibility index (Phi) is 4.76. The van der Waals surface area contributed by atoms with Crippen molar-refractivity contribution in [2.45, 2.75) is 33.1 Å². The van der Waals surface area contributed by atoms with E-state index < -0.39 is 5.97 Å². The van der Waals surface area contributed by atoms with Crippen LogP contribution in [0.4, 0.5) is 5.69 Å². The number of anilines is 1. The Bertz CT molecular complexity index is 425. The van der Waals surface area contributed by atoms with Gasteiger partial charge in [0.1, 0.15) is 0 Å². The molecule has 0 saturated heterocycles. The second-order valence-corrected chi connectivity index (χ2v) is 5.38. The normalized spacial score (nSPS) is 12.6. The summed E-state index contributed by atoms with van der Waals surface area (Å²) in [6.45, 7) is 6.05. The lowest BCUT2D eigenvalue weighted by atomic mass is 9.94. The fraction of sp³-hybridized carbons (Fsp3) is 0.533. The van der Waals surface area contributed by atoms with E-state index in [2.05, 4.69) is 32.0 Å². The van der Waals surface area contributed by atoms with Gasteiger partial charge in [-0.15, -0.1) is 0 Å². The number of hydrogen-bond acceptors (Lipinski definition) is 2. The number of carboxylic acid groups (broad SMARTS) is 1. The van der Waals surface area contributed by atoms with Gasteiger partial charge < -0.3 is 10.0 Å². The van der Waals surface area contributed by atoms with Crippen molar-refractivity contribution in [2.24, 2.45) is 5.92 Å². The van der Waals surface area contributed by atoms with Crippen LogP contribution >= 0.6 is 0 Å². The molecule has 1 atom stereocenters. The van der Waals surface area contributed by atoms with Gasteiger partial charge in [-0.2, -0.15) is 0 Å². The molecule has 0 fully saturated rings. The molecule has 3 heteroatoms. The van der Waals surface area contributed by atoms with E-state index in [0.29, 0.717) is 12.3 Å². The SMILES string of the molecule is CC(Cc1cc(C(C)C)ccc1N(C)C)C(=O)O. The van der Waals surface area contributed by atoms with Gasteiger partial charge >= 0.3 is 5.97 Å². The molecule has 0 bridgehead atoms. The van der Waals surface area contributed by atoms with E-state index in [4.69, 9.17) is 5.11 Å². The molecule has 0 aliphatic rings. The van der Waals surface area contributed by atoms with Gasteiger partial charge in [-0.3, -0.25) is 4.79 Å². The Hall–Kier alpha value is -1.51. The number of benzene rings is 1. The topological polar surface area (TPSA) is 40.5 Å². The van der Waals surface area contributed by atoms with Crippen LogP contribution in [0.15, 0.2) is 18.2 Å². The highest BCUT2D eigenvalue weighted by Gasteiger charge is 2.15. The molecule has 0 saturated carbocycles. The molecule has 1 aromatic rings. The molecule has 0 amide bonds. The molecular formula is C15H23NO2. The van der Waals surface area contributed by atoms with E-state index in [0.717, 1.165) is 11.3 Å². The maximum absolute atomic E-state index is 11.0. The van der Waals surface area contributed by atoms with E-state index in [9.17, 15) is 4.79 Å². The van der Waals surface area contributed by atoms with E-state index in [1.165, 1.54) is 5.56 Å². The Balaban J connectivity index is 3.11. The summed E-state index contributed by atoms with van der Waals surface area (Å²) < 4.78 is 0. The summed E-state index contributed by atoms with van der Waals surface area (Å²) in [6.07, 6.45) is 0.573. The van der Waals surface area contributed by atoms with Crippen molar-refractivity contribution < 1.29 is 9.90 Å². The number of aliphatic carboxylic acids is 1. The van der Waals surface area contributed by atoms with Crippen molar-refractivity contribution in [3.8, 4) is 0 Å². The predicted molar refractivity (Wildman–Crippen MR) is 75.4 cm³/mol. The quantitative estimate of drug-likeness (QED) is 0.871. The molecule has 1 aromatic carbocycles. The van der Waals surface area contributed by atoms with Crippen LogP contribution < -0.4 is 4.90 Å². The molecule has 3 nitrogen and oxygen atoms in total. The van der Waals surface area contributed by atoms with Crippen LogP contribution in [0.3, 0.4) is 0 Å². The molecule has 1 unspecified atom stereocenters. The van der Waals surface area contributed by atoms with Crippen LogP contribution in [-0.2, 0) is 11.2 Å². The molecule has 1 rings (SSSR count). The summed E-state index contributed by atoms with van der Waals surface area (Å²) in [5.74, 6) is -0.638. The molecule has 0 heterocycles. The molecular weight excluding hydrogens is 226 g/mol. The van der Waals surface area contributed by atoms with Gasteiger partial charge in [-0.1, -0.05) is 32.9 Å². The molecule has 0 aliphatic carbocycles. The third-order valence-electron chi connectivity index (χ3n) is 3.20. The number of carbonyl (C=O) groups is 1. The van der Waals surface area contributed by atoms with Crippen LogP contribution in [-0.4, -0.2) is 25.2 Å². The number of rotatable bonds is 5. The first-order valence-electron chi connectivity index (χ1n) is 6.36. The van der Waals surface area contributed by atoms with Crippen molar-refractivity contribution in [3.05, 3.63) is 29.3 Å². The second-order valence-electron chi connectivity index (χ2n) is 5.38. The lowest BCUT2D eigenvalue weighted by Gasteiger charge is -2.20. The van der Waals surface area contributed by atoms with Gasteiger partial charge in [-0.05, 0) is 29.5 Å². The first-order chi connectivity index (χ1) is 8.32. The van der Waals surface area contributed by atoms with E-state index in [1.54, 1.807) is 6.92 Å². The van der Waals surface area contributed by atoms with Crippen molar-refractivity contribution in [1.82, 2.24) is 0 Å². The summed E-state index contributed by atoms with van der Waals surface area (Å²) >= 11 is 0. The maximum Gasteiger partial charge on any atom is 0.306 e. The predicted octanol–water partition coefficient (Wildman–Crippen LogP) is 3.14. The average molecular weight is 249 g/mol. The Labute approximate surface area is 109 Å². The van der Waals surface area contributed by atoms with Gasteiger partial charge in [0, 0.05) is 19.8 Å². The van der Waals surface area contributed by atoms with Crippen molar-refractivity contribution in [3.63, 3.8) is 0 Å². The molecule has 0 aromatic heterocycles. The summed E-state index contributed by atoms with van der Waals surface area (Å²) in [7, 11) is 3.97. The van der Waals surface area contributed by atoms with Crippen molar-refractivity contribution in [1.29, 1.82) is 0 Å². The van der Waals surface area contributed by atoms with Crippen LogP contribution in [0.1, 0.15) is 37.8 Å². The average Bonchev–Trinajstić information content (AvgIpc) is 2.28. The zero-order chi connectivity index (χ0) is 13.9. The van der Waals surface area contributed by atoms with E-state index >= 15 is 0 Å². The Morgan fingerprint density at radius 3 is 2.33 bits per heavy atom. The van der Waals surface area contributed by atoms with Crippen LogP contribution in [0.2, 0.25) is 0 Å². The fourth-order valence-electron chi connectivity index (χ4n) is 1.98. The summed E-state index contributed by atoms with van der Waals surface area (Å²) in [5.41, 5.74) is 3.47. The minimum absolute atomic E-state index is 0.355. The first kappa shape index (κ1) is 14.6. The smallest absolute Gasteiger partial charge is 0.306 e. The lowest BCUT2D eigenvalue weighted by Crippen LogP contribution is -2.17. The zero-order valence-corrected chi connectivity index (χ0v) is 11.9. The van der Waals surface area contributed by atoms with Gasteiger partial charge in [0.15, 0.2) is 0 Å². The summed E-state index contributed by atoms with van der Waals surface area (Å²) in [6, 6.07) is 6.34. The van der Waals surface area contributed by atoms with Crippen LogP contribution in [0, 0.1) is 5.92 Å². The minimum atomic E-state index is -0.741. The molecule has 0 radical (unpaired) electrons. The third kappa shape index (κ3) is 3.49. The van der Waals surface area contributed by atoms with Gasteiger partial charge in [0.05, 0.1) is 5.92 Å². The highest BCUT2D eigenvalue weighted by Crippen LogP contribution is 2.26. The van der Waals surface area contributed by atoms with Crippen molar-refractivity contribution >= 4 is 11.7 Å². The molecule has 0 spiro atoms. The van der Waals surface area contributed by atoms with Gasteiger partial charge in [0.2, 0.25) is 0 Å². The zero-order valence-electron chi connectivity index (χ0n) is 11.9. The van der Waals surface area contributed by atoms with Crippen LogP contribution in [0.25, 0.3) is 0 Å². The minimum Gasteiger partial charge on any atom is -0.481 e. The van der Waals surface area contributed by atoms with Crippen LogP contribution in [0.5, 0.6) is 0 Å². The standard InChI is InChI=1S/C15H23NO2/c1-10(2)12-6-7-14(16(4)5)13(9-12)8-11(3)15(17)18/h6-7,9-11H,8H2,1-5H3,(H,17,18). The van der Waals surface area contributed by atoms with Gasteiger partial charge in [0.25, 0.3) is 0 Å². The summed E-state index contributed by atoms with van der Waals surface area (Å²) in [5, 5.41) is 9.04. The number of carboxylic acids is 1. The van der Waals surface area contributed by atoms with Gasteiger partial charge in [-0.25, -0.2) is 0 Å². The number of hydrogen-bond donors (Lipinski definition) is 1. The lowest BCUT2D eigenvalue weighted by molar-refractivity contribution is -0.141. The maximum atomic E-state index is 11.0. The molecule has 100 valence electrons. The second kappa shape index (κ2) is 5.89. The van der Waals surface area contributed by atoms with E-state index in [-0.39, 0.29) is 5.92 Å². The highest BCUT2D eigenvalue weighted by molar-refractivity contribution is 5.70. The largest absolute Gasteiger partial charge is 0.481 e. The number of nitrogens with zero attached hydrogens (tertiary/aromatic N) is 1.